The first-order chi connectivity index (χ1) is 16.8. The van der Waals surface area contributed by atoms with Gasteiger partial charge in [0.1, 0.15) is 11.5 Å². The number of rotatable bonds is 15. The van der Waals surface area contributed by atoms with Crippen LogP contribution in [0.5, 0.6) is 11.5 Å². The number of hydrogen-bond donors (Lipinski definition) is 0. The van der Waals surface area contributed by atoms with E-state index in [0.29, 0.717) is 50.4 Å². The van der Waals surface area contributed by atoms with Gasteiger partial charge in [-0.2, -0.15) is 0 Å². The van der Waals surface area contributed by atoms with Gasteiger partial charge in [0.25, 0.3) is 0 Å². The maximum atomic E-state index is 11.4. The van der Waals surface area contributed by atoms with Crippen LogP contribution >= 0.6 is 0 Å². The predicted octanol–water partition coefficient (Wildman–Crippen LogP) is 6.00. The van der Waals surface area contributed by atoms with Crippen LogP contribution in [0.2, 0.25) is 0 Å². The van der Waals surface area contributed by atoms with E-state index in [2.05, 4.69) is 44.3 Å². The maximum Gasteiger partial charge on any atom is 0.333 e. The highest BCUT2D eigenvalue weighted by Crippen LogP contribution is 2.30. The molecule has 0 amide bonds. The molecule has 0 unspecified atom stereocenters. The quantitative estimate of drug-likeness (QED) is 0.177. The summed E-state index contributed by atoms with van der Waals surface area (Å²) in [6, 6.07) is 16.2. The van der Waals surface area contributed by atoms with Crippen LogP contribution in [0.25, 0.3) is 0 Å². The molecule has 0 N–H and O–H groups in total. The minimum absolute atomic E-state index is 0.265. The van der Waals surface area contributed by atoms with E-state index in [1.54, 1.807) is 13.8 Å². The zero-order valence-electron chi connectivity index (χ0n) is 21.0. The molecule has 0 saturated carbocycles. The fraction of sp³-hybridized carbons (Fsp3) is 0.379. The molecule has 0 radical (unpaired) electrons. The minimum atomic E-state index is -0.374. The van der Waals surface area contributed by atoms with Crippen LogP contribution in [-0.2, 0) is 19.1 Å². The van der Waals surface area contributed by atoms with E-state index in [1.807, 2.05) is 24.3 Å². The number of carbonyl (C=O) groups excluding carboxylic acids is 2. The summed E-state index contributed by atoms with van der Waals surface area (Å²) in [6.07, 6.45) is 2.20. The fourth-order valence-electron chi connectivity index (χ4n) is 3.33. The third-order valence-corrected chi connectivity index (χ3v) is 5.25. The van der Waals surface area contributed by atoms with Crippen molar-refractivity contribution in [2.75, 3.05) is 26.4 Å². The van der Waals surface area contributed by atoms with Crippen molar-refractivity contribution >= 4 is 11.9 Å². The smallest absolute Gasteiger partial charge is 0.333 e. The molecule has 35 heavy (non-hydrogen) atoms. The van der Waals surface area contributed by atoms with Crippen molar-refractivity contribution < 1.29 is 28.5 Å². The van der Waals surface area contributed by atoms with Gasteiger partial charge in [-0.3, -0.25) is 0 Å². The highest BCUT2D eigenvalue weighted by molar-refractivity contribution is 5.87. The van der Waals surface area contributed by atoms with Crippen molar-refractivity contribution in [2.24, 2.45) is 0 Å². The molecule has 2 aromatic carbocycles. The van der Waals surface area contributed by atoms with Crippen LogP contribution in [0.3, 0.4) is 0 Å². The third kappa shape index (κ3) is 9.69. The molecule has 0 aliphatic heterocycles. The summed E-state index contributed by atoms with van der Waals surface area (Å²) < 4.78 is 21.6. The molecule has 0 fully saturated rings. The standard InChI is InChI=1S/C29H36O6/c1-6-27(23-9-13-25(14-10-23)32-17-7-19-34-28(30)21(2)3)24-11-15-26(16-12-24)33-18-8-20-35-29(31)22(4)5/h9-16,27H,2,4,6-8,17-20H2,1,3,5H3. The first-order valence-electron chi connectivity index (χ1n) is 11.9. The van der Waals surface area contributed by atoms with Crippen LogP contribution in [-0.4, -0.2) is 38.4 Å². The van der Waals surface area contributed by atoms with E-state index in [9.17, 15) is 9.59 Å². The number of hydrogen-bond acceptors (Lipinski definition) is 6. The van der Waals surface area contributed by atoms with Gasteiger partial charge in [0.15, 0.2) is 0 Å². The van der Waals surface area contributed by atoms with Crippen molar-refractivity contribution in [3.63, 3.8) is 0 Å². The number of ether oxygens (including phenoxy) is 4. The predicted molar refractivity (Wildman–Crippen MR) is 137 cm³/mol. The molecule has 0 bridgehead atoms. The van der Waals surface area contributed by atoms with E-state index >= 15 is 0 Å². The van der Waals surface area contributed by atoms with E-state index in [-0.39, 0.29) is 17.9 Å². The Hall–Kier alpha value is -3.54. The highest BCUT2D eigenvalue weighted by atomic mass is 16.5. The summed E-state index contributed by atoms with van der Waals surface area (Å²) >= 11 is 0. The van der Waals surface area contributed by atoms with Gasteiger partial charge in [-0.1, -0.05) is 44.3 Å². The van der Waals surface area contributed by atoms with Crippen molar-refractivity contribution in [1.29, 1.82) is 0 Å². The Kier molecular flexibility index (Phi) is 11.6. The van der Waals surface area contributed by atoms with Crippen LogP contribution in [0.15, 0.2) is 72.8 Å². The molecular weight excluding hydrogens is 444 g/mol. The van der Waals surface area contributed by atoms with Crippen molar-refractivity contribution in [3.8, 4) is 11.5 Å². The molecule has 0 saturated heterocycles. The van der Waals surface area contributed by atoms with Gasteiger partial charge in [-0.25, -0.2) is 9.59 Å². The summed E-state index contributed by atoms with van der Waals surface area (Å²) in [5, 5.41) is 0. The van der Waals surface area contributed by atoms with Gasteiger partial charge < -0.3 is 18.9 Å². The number of carbonyl (C=O) groups is 2. The van der Waals surface area contributed by atoms with Gasteiger partial charge in [-0.05, 0) is 55.7 Å². The Bertz CT molecular complexity index is 896. The van der Waals surface area contributed by atoms with Crippen molar-refractivity contribution in [3.05, 3.63) is 84.0 Å². The molecule has 0 atom stereocenters. The Labute approximate surface area is 208 Å². The molecular formula is C29H36O6. The largest absolute Gasteiger partial charge is 0.493 e. The van der Waals surface area contributed by atoms with E-state index in [0.717, 1.165) is 17.9 Å². The van der Waals surface area contributed by atoms with Crippen molar-refractivity contribution in [1.82, 2.24) is 0 Å². The highest BCUT2D eigenvalue weighted by Gasteiger charge is 2.13. The van der Waals surface area contributed by atoms with E-state index in [4.69, 9.17) is 18.9 Å². The summed E-state index contributed by atoms with van der Waals surface area (Å²) in [4.78, 5) is 22.7. The first kappa shape index (κ1) is 27.7. The lowest BCUT2D eigenvalue weighted by Gasteiger charge is -2.17. The Morgan fingerprint density at radius 2 is 1.06 bits per heavy atom. The Morgan fingerprint density at radius 3 is 1.37 bits per heavy atom. The summed E-state index contributed by atoms with van der Waals surface area (Å²) in [6.45, 7) is 14.1. The van der Waals surface area contributed by atoms with Crippen molar-refractivity contribution in [2.45, 2.75) is 46.0 Å². The lowest BCUT2D eigenvalue weighted by molar-refractivity contribution is -0.140. The maximum absolute atomic E-state index is 11.4. The van der Waals surface area contributed by atoms with Gasteiger partial charge in [0.2, 0.25) is 0 Å². The topological polar surface area (TPSA) is 71.1 Å². The molecule has 0 aliphatic carbocycles. The average Bonchev–Trinajstić information content (AvgIpc) is 2.85. The SMILES string of the molecule is C=C(C)C(=O)OCCCOc1ccc(C(CC)c2ccc(OCCCOC(=O)C(=C)C)cc2)cc1. The summed E-state index contributed by atoms with van der Waals surface area (Å²) in [5.41, 5.74) is 3.22. The molecule has 6 nitrogen and oxygen atoms in total. The van der Waals surface area contributed by atoms with E-state index < -0.39 is 0 Å². The molecule has 0 spiro atoms. The molecule has 6 heteroatoms. The van der Waals surface area contributed by atoms with Gasteiger partial charge in [0.05, 0.1) is 26.4 Å². The second-order valence-electron chi connectivity index (χ2n) is 8.34. The Balaban J connectivity index is 1.79. The zero-order chi connectivity index (χ0) is 25.6. The minimum Gasteiger partial charge on any atom is -0.493 e. The average molecular weight is 481 g/mol. The molecule has 2 rings (SSSR count). The number of benzene rings is 2. The molecule has 2 aromatic rings. The first-order valence-corrected chi connectivity index (χ1v) is 11.9. The summed E-state index contributed by atoms with van der Waals surface area (Å²) in [7, 11) is 0. The van der Waals surface area contributed by atoms with Gasteiger partial charge in [0, 0.05) is 29.9 Å². The van der Waals surface area contributed by atoms with Crippen LogP contribution in [0, 0.1) is 0 Å². The summed E-state index contributed by atoms with van der Waals surface area (Å²) in [5.74, 6) is 1.09. The molecule has 0 heterocycles. The third-order valence-electron chi connectivity index (χ3n) is 5.25. The second-order valence-corrected chi connectivity index (χ2v) is 8.34. The monoisotopic (exact) mass is 480 g/mol. The Morgan fingerprint density at radius 1 is 0.686 bits per heavy atom. The fourth-order valence-corrected chi connectivity index (χ4v) is 3.33. The van der Waals surface area contributed by atoms with Crippen LogP contribution < -0.4 is 9.47 Å². The second kappa shape index (κ2) is 14.7. The molecule has 0 aromatic heterocycles. The van der Waals surface area contributed by atoms with Crippen LogP contribution in [0.1, 0.15) is 57.1 Å². The van der Waals surface area contributed by atoms with Gasteiger partial charge in [-0.15, -0.1) is 0 Å². The normalized spacial score (nSPS) is 10.5. The lowest BCUT2D eigenvalue weighted by atomic mass is 9.89. The van der Waals surface area contributed by atoms with Gasteiger partial charge >= 0.3 is 11.9 Å². The molecule has 188 valence electrons. The van der Waals surface area contributed by atoms with Crippen LogP contribution in [0.4, 0.5) is 0 Å². The van der Waals surface area contributed by atoms with E-state index in [1.165, 1.54) is 11.1 Å². The number of esters is 2. The zero-order valence-corrected chi connectivity index (χ0v) is 21.0. The lowest BCUT2D eigenvalue weighted by Crippen LogP contribution is -2.09. The molecule has 0 aliphatic rings.